The lowest BCUT2D eigenvalue weighted by molar-refractivity contribution is 0.0690. The minimum atomic E-state index is -1.14. The number of halogens is 1. The van der Waals surface area contributed by atoms with Crippen molar-refractivity contribution < 1.29 is 19.7 Å². The number of ether oxygens (including phenoxy) is 1. The number of nitrogens with zero attached hydrogens (tertiary/aromatic N) is 4. The monoisotopic (exact) mass is 509 g/mol. The molecule has 12 heteroatoms. The van der Waals surface area contributed by atoms with E-state index in [0.717, 1.165) is 10.1 Å². The number of aromatic nitrogens is 4. The maximum absolute atomic E-state index is 13.0. The lowest BCUT2D eigenvalue weighted by Crippen LogP contribution is -2.43. The first-order valence-corrected chi connectivity index (χ1v) is 11.0. The zero-order valence-corrected chi connectivity index (χ0v) is 19.4. The van der Waals surface area contributed by atoms with E-state index in [4.69, 9.17) is 21.4 Å². The molecule has 36 heavy (non-hydrogen) atoms. The summed E-state index contributed by atoms with van der Waals surface area (Å²) >= 11 is 5.95. The lowest BCUT2D eigenvalue weighted by atomic mass is 10.2. The van der Waals surface area contributed by atoms with E-state index < -0.39 is 17.3 Å². The molecule has 0 spiro atoms. The Labute approximate surface area is 208 Å². The normalized spacial score (nSPS) is 10.7. The van der Waals surface area contributed by atoms with E-state index in [1.54, 1.807) is 48.5 Å². The highest BCUT2D eigenvalue weighted by Gasteiger charge is 2.14. The van der Waals surface area contributed by atoms with E-state index in [9.17, 15) is 19.5 Å². The van der Waals surface area contributed by atoms with Gasteiger partial charge in [0, 0.05) is 10.7 Å². The van der Waals surface area contributed by atoms with E-state index in [2.05, 4.69) is 15.3 Å². The van der Waals surface area contributed by atoms with Gasteiger partial charge in [0.1, 0.15) is 17.2 Å². The van der Waals surface area contributed by atoms with E-state index in [0.29, 0.717) is 22.2 Å². The highest BCUT2D eigenvalue weighted by atomic mass is 35.5. The van der Waals surface area contributed by atoms with Crippen molar-refractivity contribution in [2.45, 2.75) is 13.1 Å². The number of aliphatic hydroxyl groups is 1. The number of rotatable bonds is 9. The molecule has 11 nitrogen and oxygen atoms in total. The molecule has 0 saturated heterocycles. The SMILES string of the molecule is O=C(O)c1ccc(Oc2ccc(Nc3nc(=O)n(CCO)c(=O)n3Cc3ccc(Cl)cc3)cc2)cn1. The van der Waals surface area contributed by atoms with Gasteiger partial charge in [0.2, 0.25) is 5.95 Å². The fourth-order valence-electron chi connectivity index (χ4n) is 3.27. The molecule has 0 radical (unpaired) electrons. The summed E-state index contributed by atoms with van der Waals surface area (Å²) in [5.41, 5.74) is -0.232. The third kappa shape index (κ3) is 5.77. The molecular formula is C24H20ClN5O6. The minimum absolute atomic E-state index is 0.0243. The van der Waals surface area contributed by atoms with Crippen molar-refractivity contribution in [2.75, 3.05) is 11.9 Å². The Hall–Kier alpha value is -4.48. The Bertz CT molecular complexity index is 1480. The summed E-state index contributed by atoms with van der Waals surface area (Å²) in [5.74, 6) is -0.303. The van der Waals surface area contributed by atoms with Crippen LogP contribution in [0, 0.1) is 0 Å². The Kier molecular flexibility index (Phi) is 7.42. The Morgan fingerprint density at radius 1 is 0.972 bits per heavy atom. The molecule has 2 aromatic carbocycles. The Morgan fingerprint density at radius 3 is 2.28 bits per heavy atom. The molecule has 0 aliphatic carbocycles. The molecular weight excluding hydrogens is 490 g/mol. The highest BCUT2D eigenvalue weighted by molar-refractivity contribution is 6.30. The van der Waals surface area contributed by atoms with Crippen molar-refractivity contribution >= 4 is 29.2 Å². The molecule has 0 aliphatic heterocycles. The predicted molar refractivity (Wildman–Crippen MR) is 131 cm³/mol. The molecule has 3 N–H and O–H groups in total. The molecule has 2 aromatic heterocycles. The third-order valence-electron chi connectivity index (χ3n) is 5.03. The topological polar surface area (TPSA) is 149 Å². The van der Waals surface area contributed by atoms with Crippen LogP contribution in [0.3, 0.4) is 0 Å². The van der Waals surface area contributed by atoms with Gasteiger partial charge in [-0.15, -0.1) is 0 Å². The zero-order chi connectivity index (χ0) is 25.7. The standard InChI is InChI=1S/C24H20ClN5O6/c25-16-3-1-15(2-4-16)14-30-22(28-23(34)29(11-12-31)24(30)35)27-17-5-7-18(8-6-17)36-19-9-10-20(21(32)33)26-13-19/h1-10,13,31H,11-12,14H2,(H,32,33)(H,27,28,34). The second-order valence-corrected chi connectivity index (χ2v) is 7.96. The van der Waals surface area contributed by atoms with Gasteiger partial charge >= 0.3 is 17.3 Å². The van der Waals surface area contributed by atoms with Gasteiger partial charge in [0.25, 0.3) is 0 Å². The third-order valence-corrected chi connectivity index (χ3v) is 5.28. The maximum atomic E-state index is 13.0. The Balaban J connectivity index is 1.59. The van der Waals surface area contributed by atoms with E-state index in [1.165, 1.54) is 22.9 Å². The number of carboxylic acids is 1. The number of anilines is 2. The molecule has 4 aromatic rings. The van der Waals surface area contributed by atoms with Crippen LogP contribution in [-0.2, 0) is 13.1 Å². The molecule has 0 unspecified atom stereocenters. The summed E-state index contributed by atoms with van der Waals surface area (Å²) in [6.07, 6.45) is 1.30. The van der Waals surface area contributed by atoms with E-state index in [1.807, 2.05) is 0 Å². The fourth-order valence-corrected chi connectivity index (χ4v) is 3.40. The summed E-state index contributed by atoms with van der Waals surface area (Å²) in [4.78, 5) is 44.2. The lowest BCUT2D eigenvalue weighted by Gasteiger charge is -2.15. The quantitative estimate of drug-likeness (QED) is 0.309. The number of hydrogen-bond acceptors (Lipinski definition) is 8. The summed E-state index contributed by atoms with van der Waals surface area (Å²) in [6.45, 7) is -0.460. The van der Waals surface area contributed by atoms with Gasteiger partial charge in [-0.3, -0.25) is 4.57 Å². The maximum Gasteiger partial charge on any atom is 0.355 e. The number of hydrogen-bond donors (Lipinski definition) is 3. The molecule has 4 rings (SSSR count). The second kappa shape index (κ2) is 10.8. The van der Waals surface area contributed by atoms with Crippen molar-refractivity contribution in [1.82, 2.24) is 19.1 Å². The number of nitrogens with one attached hydrogen (secondary N) is 1. The molecule has 0 fully saturated rings. The summed E-state index contributed by atoms with van der Waals surface area (Å²) in [6, 6.07) is 16.3. The van der Waals surface area contributed by atoms with Crippen molar-refractivity contribution in [3.05, 3.63) is 104 Å². The van der Waals surface area contributed by atoms with Crippen LogP contribution in [0.2, 0.25) is 5.02 Å². The van der Waals surface area contributed by atoms with Crippen LogP contribution in [-0.4, -0.2) is 41.9 Å². The van der Waals surface area contributed by atoms with Crippen molar-refractivity contribution in [3.8, 4) is 11.5 Å². The summed E-state index contributed by atoms with van der Waals surface area (Å²) < 4.78 is 7.82. The predicted octanol–water partition coefficient (Wildman–Crippen LogP) is 2.73. The Morgan fingerprint density at radius 2 is 1.67 bits per heavy atom. The number of pyridine rings is 1. The number of aromatic carboxylic acids is 1. The van der Waals surface area contributed by atoms with Gasteiger partial charge in [-0.2, -0.15) is 4.98 Å². The number of carbonyl (C=O) groups is 1. The fraction of sp³-hybridized carbons (Fsp3) is 0.125. The molecule has 0 saturated carbocycles. The summed E-state index contributed by atoms with van der Waals surface area (Å²) in [7, 11) is 0. The van der Waals surface area contributed by atoms with Crippen molar-refractivity contribution in [3.63, 3.8) is 0 Å². The number of benzene rings is 2. The average Bonchev–Trinajstić information content (AvgIpc) is 2.87. The van der Waals surface area contributed by atoms with Crippen LogP contribution in [0.15, 0.2) is 76.4 Å². The van der Waals surface area contributed by atoms with Crippen LogP contribution in [0.4, 0.5) is 11.6 Å². The van der Waals surface area contributed by atoms with Crippen molar-refractivity contribution in [2.24, 2.45) is 0 Å². The van der Waals surface area contributed by atoms with Gasteiger partial charge in [0.15, 0.2) is 0 Å². The van der Waals surface area contributed by atoms with Crippen LogP contribution in [0.25, 0.3) is 0 Å². The van der Waals surface area contributed by atoms with Crippen LogP contribution >= 0.6 is 11.6 Å². The average molecular weight is 510 g/mol. The van der Waals surface area contributed by atoms with Crippen LogP contribution < -0.4 is 21.4 Å². The van der Waals surface area contributed by atoms with E-state index >= 15 is 0 Å². The van der Waals surface area contributed by atoms with Crippen molar-refractivity contribution in [1.29, 1.82) is 0 Å². The van der Waals surface area contributed by atoms with Crippen LogP contribution in [0.5, 0.6) is 11.5 Å². The number of carboxylic acid groups (broad SMARTS) is 1. The smallest absolute Gasteiger partial charge is 0.355 e. The molecule has 0 bridgehead atoms. The van der Waals surface area contributed by atoms with Gasteiger partial charge in [-0.25, -0.2) is 23.9 Å². The summed E-state index contributed by atoms with van der Waals surface area (Å²) in [5, 5.41) is 21.7. The molecule has 0 atom stereocenters. The molecule has 184 valence electrons. The minimum Gasteiger partial charge on any atom is -0.477 e. The molecule has 0 aliphatic rings. The highest BCUT2D eigenvalue weighted by Crippen LogP contribution is 2.24. The van der Waals surface area contributed by atoms with Gasteiger partial charge < -0.3 is 20.3 Å². The first-order valence-electron chi connectivity index (χ1n) is 10.7. The molecule has 2 heterocycles. The van der Waals surface area contributed by atoms with Gasteiger partial charge in [-0.05, 0) is 54.1 Å². The van der Waals surface area contributed by atoms with Crippen LogP contribution in [0.1, 0.15) is 16.1 Å². The van der Waals surface area contributed by atoms with Gasteiger partial charge in [-0.1, -0.05) is 23.7 Å². The first kappa shape index (κ1) is 24.6. The zero-order valence-electron chi connectivity index (χ0n) is 18.7. The van der Waals surface area contributed by atoms with E-state index in [-0.39, 0.29) is 31.3 Å². The first-order chi connectivity index (χ1) is 17.3. The van der Waals surface area contributed by atoms with Gasteiger partial charge in [0.05, 0.1) is 25.9 Å². The number of aliphatic hydroxyl groups excluding tert-OH is 1. The largest absolute Gasteiger partial charge is 0.477 e. The second-order valence-electron chi connectivity index (χ2n) is 7.52. The molecule has 0 amide bonds.